The van der Waals surface area contributed by atoms with E-state index >= 15 is 0 Å². The standard InChI is InChI=1S/C22H26N2O2/c23-12-11-16-6-5-13-24(14-16)22(25)26-15-21-19-9-3-1-7-17(19)18-8-2-4-10-20(18)21/h1-4,7-10,16,21H,5-6,11-15,23H2/t16-/m0/s1. The maximum absolute atomic E-state index is 12.6. The number of likely N-dealkylation sites (tertiary alicyclic amines) is 1. The highest BCUT2D eigenvalue weighted by atomic mass is 16.6. The van der Waals surface area contributed by atoms with E-state index in [0.29, 0.717) is 19.1 Å². The quantitative estimate of drug-likeness (QED) is 0.907. The molecule has 1 heterocycles. The highest BCUT2D eigenvalue weighted by Crippen LogP contribution is 2.44. The fourth-order valence-electron chi connectivity index (χ4n) is 4.39. The molecule has 1 fully saturated rings. The fourth-order valence-corrected chi connectivity index (χ4v) is 4.39. The minimum Gasteiger partial charge on any atom is -0.448 e. The Morgan fingerprint density at radius 2 is 1.73 bits per heavy atom. The Morgan fingerprint density at radius 3 is 2.38 bits per heavy atom. The third kappa shape index (κ3) is 3.21. The monoisotopic (exact) mass is 350 g/mol. The van der Waals surface area contributed by atoms with Gasteiger partial charge in [-0.25, -0.2) is 4.79 Å². The van der Waals surface area contributed by atoms with Gasteiger partial charge in [0.05, 0.1) is 0 Å². The van der Waals surface area contributed by atoms with Crippen molar-refractivity contribution in [1.82, 2.24) is 4.90 Å². The van der Waals surface area contributed by atoms with E-state index in [2.05, 4.69) is 48.5 Å². The van der Waals surface area contributed by atoms with Crippen LogP contribution in [0, 0.1) is 5.92 Å². The first kappa shape index (κ1) is 17.1. The lowest BCUT2D eigenvalue weighted by Gasteiger charge is -2.32. The van der Waals surface area contributed by atoms with Crippen LogP contribution in [0.1, 0.15) is 36.3 Å². The molecule has 4 rings (SSSR count). The summed E-state index contributed by atoms with van der Waals surface area (Å²) in [5, 5.41) is 0. The Labute approximate surface area is 155 Å². The number of piperidine rings is 1. The van der Waals surface area contributed by atoms with E-state index in [9.17, 15) is 4.79 Å². The van der Waals surface area contributed by atoms with E-state index in [1.54, 1.807) is 0 Å². The van der Waals surface area contributed by atoms with Crippen molar-refractivity contribution in [3.63, 3.8) is 0 Å². The Bertz CT molecular complexity index is 742. The number of nitrogens with zero attached hydrogens (tertiary/aromatic N) is 1. The lowest BCUT2D eigenvalue weighted by Crippen LogP contribution is -2.41. The number of rotatable bonds is 4. The smallest absolute Gasteiger partial charge is 0.409 e. The van der Waals surface area contributed by atoms with E-state index < -0.39 is 0 Å². The van der Waals surface area contributed by atoms with Crippen LogP contribution < -0.4 is 5.73 Å². The molecule has 2 aromatic rings. The summed E-state index contributed by atoms with van der Waals surface area (Å²) >= 11 is 0. The molecule has 0 radical (unpaired) electrons. The number of nitrogens with two attached hydrogens (primary N) is 1. The average molecular weight is 350 g/mol. The van der Waals surface area contributed by atoms with Gasteiger partial charge in [0, 0.05) is 19.0 Å². The van der Waals surface area contributed by atoms with Crippen LogP contribution in [-0.2, 0) is 4.74 Å². The minimum atomic E-state index is -0.186. The molecule has 1 aliphatic heterocycles. The highest BCUT2D eigenvalue weighted by molar-refractivity contribution is 5.79. The predicted octanol–water partition coefficient (Wildman–Crippen LogP) is 4.00. The van der Waals surface area contributed by atoms with E-state index in [1.807, 2.05) is 4.90 Å². The normalized spacial score (nSPS) is 19.1. The summed E-state index contributed by atoms with van der Waals surface area (Å²) in [6.45, 7) is 2.64. The van der Waals surface area contributed by atoms with Crippen LogP contribution in [0.15, 0.2) is 48.5 Å². The molecule has 0 bridgehead atoms. The third-order valence-corrected chi connectivity index (χ3v) is 5.69. The fraction of sp³-hybridized carbons (Fsp3) is 0.409. The number of hydrogen-bond donors (Lipinski definition) is 1. The van der Waals surface area contributed by atoms with Crippen molar-refractivity contribution in [3.8, 4) is 11.1 Å². The average Bonchev–Trinajstić information content (AvgIpc) is 3.01. The molecule has 2 aromatic carbocycles. The second kappa shape index (κ2) is 7.50. The topological polar surface area (TPSA) is 55.6 Å². The van der Waals surface area contributed by atoms with Gasteiger partial charge in [-0.3, -0.25) is 0 Å². The van der Waals surface area contributed by atoms with Crippen LogP contribution in [0.25, 0.3) is 11.1 Å². The van der Waals surface area contributed by atoms with Crippen LogP contribution in [0.4, 0.5) is 4.79 Å². The van der Waals surface area contributed by atoms with Gasteiger partial charge in [-0.15, -0.1) is 0 Å². The maximum atomic E-state index is 12.6. The number of amides is 1. The molecule has 4 nitrogen and oxygen atoms in total. The molecule has 0 unspecified atom stereocenters. The zero-order valence-corrected chi connectivity index (χ0v) is 15.1. The molecule has 1 aliphatic carbocycles. The predicted molar refractivity (Wildman–Crippen MR) is 103 cm³/mol. The summed E-state index contributed by atoms with van der Waals surface area (Å²) in [5.74, 6) is 0.630. The summed E-state index contributed by atoms with van der Waals surface area (Å²) in [4.78, 5) is 14.5. The van der Waals surface area contributed by atoms with Gasteiger partial charge in [-0.2, -0.15) is 0 Å². The SMILES string of the molecule is NCC[C@@H]1CCCN(C(=O)OCC2c3ccccc3-c3ccccc32)C1. The number of fused-ring (bicyclic) bond motifs is 3. The number of ether oxygens (including phenoxy) is 1. The molecule has 1 saturated heterocycles. The molecule has 0 spiro atoms. The van der Waals surface area contributed by atoms with Gasteiger partial charge in [-0.1, -0.05) is 48.5 Å². The van der Waals surface area contributed by atoms with Gasteiger partial charge < -0.3 is 15.4 Å². The molecular weight excluding hydrogens is 324 g/mol. The molecule has 1 amide bonds. The summed E-state index contributed by atoms with van der Waals surface area (Å²) in [7, 11) is 0. The van der Waals surface area contributed by atoms with Gasteiger partial charge >= 0.3 is 6.09 Å². The van der Waals surface area contributed by atoms with Gasteiger partial charge in [0.15, 0.2) is 0 Å². The van der Waals surface area contributed by atoms with Crippen molar-refractivity contribution in [2.24, 2.45) is 11.7 Å². The zero-order valence-electron chi connectivity index (χ0n) is 15.1. The van der Waals surface area contributed by atoms with E-state index in [0.717, 1.165) is 32.4 Å². The molecular formula is C22H26N2O2. The first-order valence-corrected chi connectivity index (χ1v) is 9.58. The van der Waals surface area contributed by atoms with Gasteiger partial charge in [0.2, 0.25) is 0 Å². The summed E-state index contributed by atoms with van der Waals surface area (Å²) < 4.78 is 5.76. The number of hydrogen-bond acceptors (Lipinski definition) is 3. The van der Waals surface area contributed by atoms with Crippen LogP contribution in [0.3, 0.4) is 0 Å². The Kier molecular flexibility index (Phi) is 4.93. The van der Waals surface area contributed by atoms with Crippen molar-refractivity contribution in [2.75, 3.05) is 26.2 Å². The maximum Gasteiger partial charge on any atom is 0.409 e. The Balaban J connectivity index is 1.45. The zero-order chi connectivity index (χ0) is 17.9. The molecule has 0 aromatic heterocycles. The van der Waals surface area contributed by atoms with Gasteiger partial charge in [0.25, 0.3) is 0 Å². The van der Waals surface area contributed by atoms with Crippen LogP contribution in [0.5, 0.6) is 0 Å². The molecule has 0 saturated carbocycles. The van der Waals surface area contributed by atoms with Crippen LogP contribution >= 0.6 is 0 Å². The van der Waals surface area contributed by atoms with Crippen molar-refractivity contribution in [1.29, 1.82) is 0 Å². The molecule has 1 atom stereocenters. The summed E-state index contributed by atoms with van der Waals surface area (Å²) in [5.41, 5.74) is 10.7. The minimum absolute atomic E-state index is 0.121. The lowest BCUT2D eigenvalue weighted by molar-refractivity contribution is 0.0815. The third-order valence-electron chi connectivity index (χ3n) is 5.69. The summed E-state index contributed by atoms with van der Waals surface area (Å²) in [6, 6.07) is 16.8. The van der Waals surface area contributed by atoms with Crippen molar-refractivity contribution < 1.29 is 9.53 Å². The van der Waals surface area contributed by atoms with Crippen molar-refractivity contribution >= 4 is 6.09 Å². The van der Waals surface area contributed by atoms with E-state index in [-0.39, 0.29) is 12.0 Å². The first-order valence-electron chi connectivity index (χ1n) is 9.58. The molecule has 2 aliphatic rings. The van der Waals surface area contributed by atoms with Gasteiger partial charge in [0.1, 0.15) is 6.61 Å². The van der Waals surface area contributed by atoms with Crippen molar-refractivity contribution in [2.45, 2.75) is 25.2 Å². The van der Waals surface area contributed by atoms with E-state index in [4.69, 9.17) is 10.5 Å². The Morgan fingerprint density at radius 1 is 1.08 bits per heavy atom. The number of carbonyl (C=O) groups excluding carboxylic acids is 1. The second-order valence-corrected chi connectivity index (χ2v) is 7.34. The molecule has 2 N–H and O–H groups in total. The first-order chi connectivity index (χ1) is 12.8. The highest BCUT2D eigenvalue weighted by Gasteiger charge is 2.30. The van der Waals surface area contributed by atoms with Gasteiger partial charge in [-0.05, 0) is 54.0 Å². The summed E-state index contributed by atoms with van der Waals surface area (Å²) in [6.07, 6.45) is 2.99. The number of benzene rings is 2. The molecule has 4 heteroatoms. The number of carbonyl (C=O) groups is 1. The van der Waals surface area contributed by atoms with Crippen LogP contribution in [0.2, 0.25) is 0 Å². The van der Waals surface area contributed by atoms with Crippen molar-refractivity contribution in [3.05, 3.63) is 59.7 Å². The Hall–Kier alpha value is -2.33. The largest absolute Gasteiger partial charge is 0.448 e. The lowest BCUT2D eigenvalue weighted by atomic mass is 9.95. The second-order valence-electron chi connectivity index (χ2n) is 7.34. The molecule has 26 heavy (non-hydrogen) atoms. The molecule has 136 valence electrons. The van der Waals surface area contributed by atoms with E-state index in [1.165, 1.54) is 22.3 Å². The van der Waals surface area contributed by atoms with Crippen LogP contribution in [-0.4, -0.2) is 37.2 Å².